The zero-order valence-electron chi connectivity index (χ0n) is 10.2. The van der Waals surface area contributed by atoms with Crippen molar-refractivity contribution >= 4 is 8.60 Å². The van der Waals surface area contributed by atoms with Crippen LogP contribution in [0.4, 0.5) is 0 Å². The second-order valence-corrected chi connectivity index (χ2v) is 5.85. The SMILES string of the molecule is CCCCOP(OC1CCC1)OC1CCC1. The van der Waals surface area contributed by atoms with Crippen molar-refractivity contribution in [1.82, 2.24) is 0 Å². The third-order valence-electron chi connectivity index (χ3n) is 3.27. The summed E-state index contributed by atoms with van der Waals surface area (Å²) in [6.07, 6.45) is 10.4. The van der Waals surface area contributed by atoms with Crippen molar-refractivity contribution in [3.05, 3.63) is 0 Å². The first kappa shape index (κ1) is 12.8. The molecule has 0 bridgehead atoms. The van der Waals surface area contributed by atoms with E-state index in [1.54, 1.807) is 0 Å². The summed E-state index contributed by atoms with van der Waals surface area (Å²) in [5.41, 5.74) is 0. The fourth-order valence-corrected chi connectivity index (χ4v) is 2.92. The van der Waals surface area contributed by atoms with Gasteiger partial charge in [0.05, 0.1) is 18.8 Å². The summed E-state index contributed by atoms with van der Waals surface area (Å²) in [5.74, 6) is 0. The largest absolute Gasteiger partial charge is 0.333 e. The van der Waals surface area contributed by atoms with Crippen LogP contribution >= 0.6 is 8.60 Å². The van der Waals surface area contributed by atoms with Crippen molar-refractivity contribution in [3.8, 4) is 0 Å². The molecule has 94 valence electrons. The molecule has 4 heteroatoms. The number of hydrogen-bond acceptors (Lipinski definition) is 3. The molecular formula is C12H23O3P. The summed E-state index contributed by atoms with van der Waals surface area (Å²) in [6, 6.07) is 0. The van der Waals surface area contributed by atoms with Gasteiger partial charge in [0, 0.05) is 0 Å². The Kier molecular flexibility index (Phi) is 5.51. The van der Waals surface area contributed by atoms with Gasteiger partial charge in [0.15, 0.2) is 0 Å². The van der Waals surface area contributed by atoms with Gasteiger partial charge in [0.2, 0.25) is 0 Å². The van der Waals surface area contributed by atoms with Gasteiger partial charge >= 0.3 is 8.60 Å². The molecule has 2 aliphatic rings. The number of hydrogen-bond donors (Lipinski definition) is 0. The Hall–Kier alpha value is 0.310. The van der Waals surface area contributed by atoms with E-state index in [4.69, 9.17) is 13.6 Å². The topological polar surface area (TPSA) is 27.7 Å². The van der Waals surface area contributed by atoms with E-state index in [0.717, 1.165) is 19.4 Å². The lowest BCUT2D eigenvalue weighted by atomic mass is 9.97. The van der Waals surface area contributed by atoms with Crippen LogP contribution in [-0.4, -0.2) is 18.8 Å². The number of unbranched alkanes of at least 4 members (excludes halogenated alkanes) is 1. The molecule has 0 saturated heterocycles. The van der Waals surface area contributed by atoms with Gasteiger partial charge in [-0.05, 0) is 44.9 Å². The Morgan fingerprint density at radius 1 is 1.00 bits per heavy atom. The lowest BCUT2D eigenvalue weighted by molar-refractivity contribution is 0.0343. The van der Waals surface area contributed by atoms with Crippen molar-refractivity contribution < 1.29 is 13.6 Å². The van der Waals surface area contributed by atoms with E-state index < -0.39 is 8.60 Å². The molecule has 0 amide bonds. The third kappa shape index (κ3) is 3.96. The normalized spacial score (nSPS) is 22.1. The highest BCUT2D eigenvalue weighted by molar-refractivity contribution is 7.41. The predicted molar refractivity (Wildman–Crippen MR) is 65.2 cm³/mol. The van der Waals surface area contributed by atoms with Crippen LogP contribution in [0.1, 0.15) is 58.3 Å². The molecule has 0 N–H and O–H groups in total. The minimum Gasteiger partial charge on any atom is -0.312 e. The van der Waals surface area contributed by atoms with Crippen molar-refractivity contribution in [2.45, 2.75) is 70.5 Å². The fraction of sp³-hybridized carbons (Fsp3) is 1.00. The molecule has 0 spiro atoms. The first-order valence-corrected chi connectivity index (χ1v) is 7.74. The molecule has 0 atom stereocenters. The van der Waals surface area contributed by atoms with E-state index in [-0.39, 0.29) is 0 Å². The number of rotatable bonds is 8. The van der Waals surface area contributed by atoms with E-state index in [0.29, 0.717) is 12.2 Å². The molecular weight excluding hydrogens is 223 g/mol. The Bertz CT molecular complexity index is 177. The second kappa shape index (κ2) is 6.90. The summed E-state index contributed by atoms with van der Waals surface area (Å²) < 4.78 is 17.4. The van der Waals surface area contributed by atoms with Gasteiger partial charge in [-0.25, -0.2) is 0 Å². The Morgan fingerprint density at radius 3 is 1.94 bits per heavy atom. The fourth-order valence-electron chi connectivity index (χ4n) is 1.56. The van der Waals surface area contributed by atoms with Gasteiger partial charge in [0.25, 0.3) is 0 Å². The first-order chi connectivity index (χ1) is 7.88. The molecule has 0 aliphatic heterocycles. The predicted octanol–water partition coefficient (Wildman–Crippen LogP) is 4.17. The van der Waals surface area contributed by atoms with E-state index in [2.05, 4.69) is 6.92 Å². The molecule has 0 heterocycles. The minimum atomic E-state index is -1.06. The van der Waals surface area contributed by atoms with Crippen LogP contribution in [0, 0.1) is 0 Å². The lowest BCUT2D eigenvalue weighted by Gasteiger charge is -2.33. The quantitative estimate of drug-likeness (QED) is 0.475. The maximum absolute atomic E-state index is 5.86. The van der Waals surface area contributed by atoms with Crippen molar-refractivity contribution in [3.63, 3.8) is 0 Å². The second-order valence-electron chi connectivity index (χ2n) is 4.73. The molecule has 16 heavy (non-hydrogen) atoms. The van der Waals surface area contributed by atoms with E-state index >= 15 is 0 Å². The van der Waals surface area contributed by atoms with Gasteiger partial charge in [0.1, 0.15) is 0 Å². The van der Waals surface area contributed by atoms with E-state index in [1.807, 2.05) is 0 Å². The van der Waals surface area contributed by atoms with Crippen LogP contribution in [0.15, 0.2) is 0 Å². The smallest absolute Gasteiger partial charge is 0.312 e. The van der Waals surface area contributed by atoms with Crippen LogP contribution in [0.2, 0.25) is 0 Å². The maximum atomic E-state index is 5.86. The maximum Gasteiger partial charge on any atom is 0.333 e. The first-order valence-electron chi connectivity index (χ1n) is 6.65. The standard InChI is InChI=1S/C12H23O3P/c1-2-3-10-13-16(14-11-6-4-7-11)15-12-8-5-9-12/h11-12H,2-10H2,1H3. The molecule has 2 aliphatic carbocycles. The van der Waals surface area contributed by atoms with Crippen LogP contribution < -0.4 is 0 Å². The van der Waals surface area contributed by atoms with Crippen molar-refractivity contribution in [2.24, 2.45) is 0 Å². The van der Waals surface area contributed by atoms with Gasteiger partial charge in [-0.3, -0.25) is 0 Å². The average Bonchev–Trinajstić information content (AvgIpc) is 2.16. The van der Waals surface area contributed by atoms with Crippen molar-refractivity contribution in [2.75, 3.05) is 6.61 Å². The zero-order chi connectivity index (χ0) is 11.2. The van der Waals surface area contributed by atoms with Crippen LogP contribution in [0.5, 0.6) is 0 Å². The summed E-state index contributed by atoms with van der Waals surface area (Å²) >= 11 is 0. The highest BCUT2D eigenvalue weighted by Gasteiger charge is 2.29. The van der Waals surface area contributed by atoms with Crippen LogP contribution in [-0.2, 0) is 13.6 Å². The monoisotopic (exact) mass is 246 g/mol. The van der Waals surface area contributed by atoms with Crippen molar-refractivity contribution in [1.29, 1.82) is 0 Å². The third-order valence-corrected chi connectivity index (χ3v) is 4.60. The molecule has 0 aromatic carbocycles. The Morgan fingerprint density at radius 2 is 1.56 bits per heavy atom. The highest BCUT2D eigenvalue weighted by Crippen LogP contribution is 2.48. The van der Waals surface area contributed by atoms with Gasteiger partial charge in [-0.2, -0.15) is 0 Å². The van der Waals surface area contributed by atoms with Crippen LogP contribution in [0.3, 0.4) is 0 Å². The summed E-state index contributed by atoms with van der Waals surface area (Å²) in [5, 5.41) is 0. The molecule has 0 radical (unpaired) electrons. The molecule has 0 unspecified atom stereocenters. The average molecular weight is 246 g/mol. The van der Waals surface area contributed by atoms with Crippen LogP contribution in [0.25, 0.3) is 0 Å². The zero-order valence-corrected chi connectivity index (χ0v) is 11.1. The molecule has 3 nitrogen and oxygen atoms in total. The van der Waals surface area contributed by atoms with Gasteiger partial charge in [-0.1, -0.05) is 13.3 Å². The summed E-state index contributed by atoms with van der Waals surface area (Å²) in [6.45, 7) is 2.95. The van der Waals surface area contributed by atoms with E-state index in [9.17, 15) is 0 Å². The Balaban J connectivity index is 1.65. The van der Waals surface area contributed by atoms with Gasteiger partial charge < -0.3 is 13.6 Å². The minimum absolute atomic E-state index is 0.410. The molecule has 0 aromatic heterocycles. The molecule has 0 aromatic rings. The highest BCUT2D eigenvalue weighted by atomic mass is 31.2. The molecule has 2 rings (SSSR count). The summed E-state index contributed by atoms with van der Waals surface area (Å²) in [7, 11) is -1.06. The van der Waals surface area contributed by atoms with E-state index in [1.165, 1.54) is 38.5 Å². The summed E-state index contributed by atoms with van der Waals surface area (Å²) in [4.78, 5) is 0. The lowest BCUT2D eigenvalue weighted by Crippen LogP contribution is -2.24. The molecule has 2 saturated carbocycles. The molecule has 2 fully saturated rings. The Labute approximate surface area is 99.8 Å². The van der Waals surface area contributed by atoms with Gasteiger partial charge in [-0.15, -0.1) is 0 Å².